The molecule has 9 rings (SSSR count). The van der Waals surface area contributed by atoms with E-state index in [0.717, 1.165) is 130 Å². The van der Waals surface area contributed by atoms with Gasteiger partial charge in [-0.15, -0.1) is 0 Å². The summed E-state index contributed by atoms with van der Waals surface area (Å²) in [7, 11) is -2.31. The van der Waals surface area contributed by atoms with E-state index in [0.29, 0.717) is 45.9 Å². The van der Waals surface area contributed by atoms with Gasteiger partial charge in [0, 0.05) is 48.1 Å². The lowest BCUT2D eigenvalue weighted by Gasteiger charge is -2.14. The highest BCUT2D eigenvalue weighted by atomic mass is 16.8. The van der Waals surface area contributed by atoms with Crippen LogP contribution in [-0.4, -0.2) is 46.1 Å². The summed E-state index contributed by atoms with van der Waals surface area (Å²) in [5, 5.41) is 0. The lowest BCUT2D eigenvalue weighted by atomic mass is 9.99. The van der Waals surface area contributed by atoms with Crippen LogP contribution in [-0.2, 0) is 60.7 Å². The van der Waals surface area contributed by atoms with E-state index in [2.05, 4.69) is 75.3 Å². The minimum atomic E-state index is -1.16. The van der Waals surface area contributed by atoms with Gasteiger partial charge in [0.1, 0.15) is 23.0 Å². The third kappa shape index (κ3) is 8.98. The van der Waals surface area contributed by atoms with Crippen molar-refractivity contribution in [2.24, 2.45) is 0 Å². The number of hydrogen-bond donors (Lipinski definition) is 4. The van der Waals surface area contributed by atoms with Gasteiger partial charge in [-0.2, -0.15) is 0 Å². The van der Waals surface area contributed by atoms with Crippen LogP contribution >= 0.6 is 0 Å². The number of nitrogens with one attached hydrogen (secondary N) is 4. The number of H-pyrrole nitrogens is 4. The molecule has 0 spiro atoms. The highest BCUT2D eigenvalue weighted by molar-refractivity contribution is 6.42. The van der Waals surface area contributed by atoms with Gasteiger partial charge < -0.3 is 47.9 Å². The van der Waals surface area contributed by atoms with Crippen LogP contribution in [0, 0.1) is 0 Å². The third-order valence-corrected chi connectivity index (χ3v) is 13.6. The summed E-state index contributed by atoms with van der Waals surface area (Å²) >= 11 is 0. The number of para-hydroxylation sites is 2. The average molecular weight is 939 g/mol. The first-order chi connectivity index (χ1) is 34.1. The van der Waals surface area contributed by atoms with Gasteiger partial charge in [-0.1, -0.05) is 104 Å². The number of aryl methyl sites for hydroxylation is 4. The molecule has 70 heavy (non-hydrogen) atoms. The molecule has 14 heteroatoms. The average Bonchev–Trinajstić information content (AvgIpc) is 4.26. The van der Waals surface area contributed by atoms with Crippen LogP contribution in [0.15, 0.2) is 97.6 Å². The molecule has 3 aromatic carbocycles. The van der Waals surface area contributed by atoms with E-state index in [1.54, 1.807) is 0 Å². The van der Waals surface area contributed by atoms with Crippen LogP contribution in [0.4, 0.5) is 0 Å². The first kappa shape index (κ1) is 47.6. The molecule has 2 aliphatic rings. The molecule has 4 aromatic heterocycles. The fourth-order valence-corrected chi connectivity index (χ4v) is 9.94. The molecular weight excluding hydrogens is 878 g/mol. The molecule has 4 N–H and O–H groups in total. The van der Waals surface area contributed by atoms with Crippen molar-refractivity contribution in [1.29, 1.82) is 0 Å². The number of aromatic amines is 4. The summed E-state index contributed by atoms with van der Waals surface area (Å²) < 4.78 is 38.5. The highest BCUT2D eigenvalue weighted by Gasteiger charge is 2.42. The van der Waals surface area contributed by atoms with Crippen LogP contribution in [0.5, 0.6) is 23.0 Å². The standard InChI is InChI=1S/C56H60B2N4O8/c1-9-33-29-59-51(39(33)13-5)45(63)27-49(53-41(15-7)35(11-3)31-61-53)67-57-65-47-21-17-19-43(55(47)69-57)37-23-25-38(26-24-37)44-20-18-22-48-56(44)70-58(66-48)68-50(54-42(16-8)36(12-4)32-62-54)28-46(64)52-40(14-6)34(10-2)30-60-52/h17-32,59-62H,9-16H2,1-8H3/b49-27-,50-28+. The molecule has 0 unspecified atom stereocenters. The summed E-state index contributed by atoms with van der Waals surface area (Å²) in [6, 6.07) is 19.5. The Kier molecular flexibility index (Phi) is 14.0. The van der Waals surface area contributed by atoms with Crippen LogP contribution in [0.25, 0.3) is 33.8 Å². The molecule has 0 amide bonds. The SMILES string of the molecule is CCc1c[nH]c(C(=O)/C=C(\OB2Oc3cccc(-c4ccc(-c5cccc6c5OB(O/C(=C/C(=O)c5[nH]cc(CC)c5CC)c5[nH]cc(CC)c5CC)O6)cc4)c3O2)c2[nH]cc(CC)c2CC)c1CC. The fraction of sp³-hybridized carbons (Fsp3) is 0.286. The van der Waals surface area contributed by atoms with Crippen molar-refractivity contribution in [3.63, 3.8) is 0 Å². The largest absolute Gasteiger partial charge is 0.864 e. The van der Waals surface area contributed by atoms with E-state index < -0.39 is 14.6 Å². The molecule has 2 aliphatic heterocycles. The van der Waals surface area contributed by atoms with Gasteiger partial charge in [-0.25, -0.2) is 0 Å². The van der Waals surface area contributed by atoms with Gasteiger partial charge in [-0.3, -0.25) is 9.59 Å². The Bertz CT molecular complexity index is 2910. The minimum Gasteiger partial charge on any atom is -0.488 e. The highest BCUT2D eigenvalue weighted by Crippen LogP contribution is 2.46. The molecule has 0 aliphatic carbocycles. The maximum Gasteiger partial charge on any atom is 0.864 e. The zero-order chi connectivity index (χ0) is 49.1. The third-order valence-electron chi connectivity index (χ3n) is 13.6. The predicted molar refractivity (Wildman–Crippen MR) is 276 cm³/mol. The Hall–Kier alpha value is -7.47. The van der Waals surface area contributed by atoms with Gasteiger partial charge in [0.25, 0.3) is 0 Å². The summed E-state index contributed by atoms with van der Waals surface area (Å²) in [6.45, 7) is 16.7. The van der Waals surface area contributed by atoms with E-state index in [9.17, 15) is 9.59 Å². The van der Waals surface area contributed by atoms with Gasteiger partial charge in [-0.05, 0) is 119 Å². The number of hydrogen-bond acceptors (Lipinski definition) is 8. The normalized spacial score (nSPS) is 13.1. The molecule has 358 valence electrons. The predicted octanol–water partition coefficient (Wildman–Crippen LogP) is 12.2. The van der Waals surface area contributed by atoms with Gasteiger partial charge in [0.15, 0.2) is 11.5 Å². The van der Waals surface area contributed by atoms with Crippen molar-refractivity contribution >= 4 is 37.7 Å². The smallest absolute Gasteiger partial charge is 0.488 e. The van der Waals surface area contributed by atoms with E-state index in [1.807, 2.05) is 85.5 Å². The van der Waals surface area contributed by atoms with Crippen LogP contribution in [0.1, 0.15) is 132 Å². The van der Waals surface area contributed by atoms with E-state index in [-0.39, 0.29) is 11.6 Å². The Morgan fingerprint density at radius 1 is 0.443 bits per heavy atom. The zero-order valence-corrected chi connectivity index (χ0v) is 41.3. The monoisotopic (exact) mass is 938 g/mol. The zero-order valence-electron chi connectivity index (χ0n) is 41.3. The maximum atomic E-state index is 14.0. The number of ketones is 2. The summed E-state index contributed by atoms with van der Waals surface area (Å²) in [6.07, 6.45) is 17.1. The maximum absolute atomic E-state index is 14.0. The number of benzene rings is 3. The molecule has 0 saturated heterocycles. The van der Waals surface area contributed by atoms with Crippen molar-refractivity contribution in [2.45, 2.75) is 107 Å². The van der Waals surface area contributed by atoms with E-state index >= 15 is 0 Å². The number of rotatable bonds is 20. The number of fused-ring (bicyclic) bond motifs is 2. The molecular formula is C56H60B2N4O8. The number of carbonyl (C=O) groups excluding carboxylic acids is 2. The van der Waals surface area contributed by atoms with E-state index in [1.165, 1.54) is 12.2 Å². The second-order valence-corrected chi connectivity index (χ2v) is 17.4. The van der Waals surface area contributed by atoms with Crippen molar-refractivity contribution in [2.75, 3.05) is 0 Å². The lowest BCUT2D eigenvalue weighted by Crippen LogP contribution is -2.28. The quantitative estimate of drug-likeness (QED) is 0.0255. The number of aromatic nitrogens is 4. The van der Waals surface area contributed by atoms with Crippen molar-refractivity contribution in [1.82, 2.24) is 19.9 Å². The molecule has 0 bridgehead atoms. The molecule has 0 atom stereocenters. The molecule has 0 radical (unpaired) electrons. The molecule has 6 heterocycles. The van der Waals surface area contributed by atoms with E-state index in [4.69, 9.17) is 27.9 Å². The van der Waals surface area contributed by atoms with Crippen LogP contribution < -0.4 is 18.6 Å². The number of carbonyl (C=O) groups is 2. The van der Waals surface area contributed by atoms with Crippen LogP contribution in [0.2, 0.25) is 0 Å². The number of allylic oxidation sites excluding steroid dienone is 2. The summed E-state index contributed by atoms with van der Waals surface area (Å²) in [4.78, 5) is 41.1. The first-order valence-electron chi connectivity index (χ1n) is 24.8. The Morgan fingerprint density at radius 3 is 1.10 bits per heavy atom. The van der Waals surface area contributed by atoms with Crippen molar-refractivity contribution in [3.8, 4) is 45.3 Å². The van der Waals surface area contributed by atoms with Crippen molar-refractivity contribution in [3.05, 3.63) is 165 Å². The topological polar surface area (TPSA) is 153 Å². The lowest BCUT2D eigenvalue weighted by molar-refractivity contribution is 0.103. The Morgan fingerprint density at radius 2 is 0.771 bits per heavy atom. The second-order valence-electron chi connectivity index (χ2n) is 17.4. The van der Waals surface area contributed by atoms with Gasteiger partial charge in [0.05, 0.1) is 22.8 Å². The second kappa shape index (κ2) is 20.6. The summed E-state index contributed by atoms with van der Waals surface area (Å²) in [5.74, 6) is 2.39. The Labute approximate surface area is 410 Å². The molecule has 7 aromatic rings. The fourth-order valence-electron chi connectivity index (χ4n) is 9.94. The van der Waals surface area contributed by atoms with Crippen LogP contribution in [0.3, 0.4) is 0 Å². The van der Waals surface area contributed by atoms with Gasteiger partial charge >= 0.3 is 14.6 Å². The first-order valence-corrected chi connectivity index (χ1v) is 24.8. The molecule has 0 saturated carbocycles. The van der Waals surface area contributed by atoms with Gasteiger partial charge in [0.2, 0.25) is 11.6 Å². The summed E-state index contributed by atoms with van der Waals surface area (Å²) in [5.41, 5.74) is 14.7. The Balaban J connectivity index is 0.954. The van der Waals surface area contributed by atoms with Crippen molar-refractivity contribution < 1.29 is 37.5 Å². The molecule has 0 fully saturated rings. The minimum absolute atomic E-state index is 0.188. The molecule has 12 nitrogen and oxygen atoms in total.